The summed E-state index contributed by atoms with van der Waals surface area (Å²) in [6.45, 7) is 12.3. The van der Waals surface area contributed by atoms with Crippen LogP contribution in [-0.2, 0) is 0 Å². The van der Waals surface area contributed by atoms with Crippen molar-refractivity contribution in [3.63, 3.8) is 0 Å². The molecule has 0 aromatic heterocycles. The van der Waals surface area contributed by atoms with Crippen molar-refractivity contribution in [3.8, 4) is 0 Å². The lowest BCUT2D eigenvalue weighted by Crippen LogP contribution is -2.38. The van der Waals surface area contributed by atoms with Crippen LogP contribution in [0.3, 0.4) is 0 Å². The van der Waals surface area contributed by atoms with Crippen molar-refractivity contribution >= 4 is 0 Å². The Labute approximate surface area is 90.0 Å². The smallest absolute Gasteiger partial charge is 0.00872 e. The number of allylic oxidation sites excluding steroid dienone is 2. The second-order valence-electron chi connectivity index (χ2n) is 5.11. The van der Waals surface area contributed by atoms with Crippen LogP contribution in [0.15, 0.2) is 12.2 Å². The van der Waals surface area contributed by atoms with E-state index in [0.29, 0.717) is 11.5 Å². The Morgan fingerprint density at radius 3 is 2.36 bits per heavy atom. The number of hydrogen-bond donors (Lipinski definition) is 1. The predicted molar refractivity (Wildman–Crippen MR) is 65.6 cm³/mol. The van der Waals surface area contributed by atoms with Crippen LogP contribution in [0.4, 0.5) is 0 Å². The fourth-order valence-corrected chi connectivity index (χ4v) is 1.18. The third-order valence-corrected chi connectivity index (χ3v) is 2.78. The number of rotatable bonds is 6. The molecule has 0 fully saturated rings. The van der Waals surface area contributed by atoms with Crippen LogP contribution < -0.4 is 5.32 Å². The summed E-state index contributed by atoms with van der Waals surface area (Å²) in [5.74, 6) is 0. The molecule has 1 nitrogen and oxygen atoms in total. The third-order valence-electron chi connectivity index (χ3n) is 2.78. The van der Waals surface area contributed by atoms with Crippen molar-refractivity contribution in [3.05, 3.63) is 12.2 Å². The SMILES string of the molecule is CC=CCCCCNC(C)C(C)(C)C. The van der Waals surface area contributed by atoms with Crippen molar-refractivity contribution in [2.24, 2.45) is 5.41 Å². The van der Waals surface area contributed by atoms with E-state index in [1.54, 1.807) is 0 Å². The molecule has 14 heavy (non-hydrogen) atoms. The van der Waals surface area contributed by atoms with Crippen LogP contribution in [0.5, 0.6) is 0 Å². The molecule has 0 amide bonds. The zero-order valence-corrected chi connectivity index (χ0v) is 10.6. The first-order chi connectivity index (χ1) is 6.48. The summed E-state index contributed by atoms with van der Waals surface area (Å²) in [5.41, 5.74) is 0.378. The van der Waals surface area contributed by atoms with Crippen LogP contribution in [-0.4, -0.2) is 12.6 Å². The predicted octanol–water partition coefficient (Wildman–Crippen LogP) is 3.76. The molecule has 0 radical (unpaired) electrons. The van der Waals surface area contributed by atoms with Crippen LogP contribution >= 0.6 is 0 Å². The fourth-order valence-electron chi connectivity index (χ4n) is 1.18. The molecule has 0 bridgehead atoms. The number of unbranched alkanes of at least 4 members (excludes halogenated alkanes) is 2. The first-order valence-corrected chi connectivity index (χ1v) is 5.83. The van der Waals surface area contributed by atoms with E-state index >= 15 is 0 Å². The van der Waals surface area contributed by atoms with E-state index in [2.05, 4.69) is 52.1 Å². The highest BCUT2D eigenvalue weighted by atomic mass is 14.9. The van der Waals surface area contributed by atoms with Crippen molar-refractivity contribution in [1.29, 1.82) is 0 Å². The van der Waals surface area contributed by atoms with Gasteiger partial charge in [-0.15, -0.1) is 0 Å². The molecule has 0 spiro atoms. The Balaban J connectivity index is 3.36. The number of nitrogens with one attached hydrogen (secondary N) is 1. The molecule has 1 N–H and O–H groups in total. The van der Waals surface area contributed by atoms with Gasteiger partial charge in [0, 0.05) is 6.04 Å². The molecule has 0 aliphatic rings. The Kier molecular flexibility index (Phi) is 6.90. The van der Waals surface area contributed by atoms with Gasteiger partial charge in [-0.2, -0.15) is 0 Å². The maximum absolute atomic E-state index is 3.58. The average Bonchev–Trinajstić information content (AvgIpc) is 2.09. The zero-order valence-electron chi connectivity index (χ0n) is 10.6. The molecule has 0 rings (SSSR count). The monoisotopic (exact) mass is 197 g/mol. The second kappa shape index (κ2) is 7.05. The van der Waals surface area contributed by atoms with Crippen LogP contribution in [0, 0.1) is 5.41 Å². The summed E-state index contributed by atoms with van der Waals surface area (Å²) < 4.78 is 0. The van der Waals surface area contributed by atoms with Gasteiger partial charge in [-0.25, -0.2) is 0 Å². The van der Waals surface area contributed by atoms with Gasteiger partial charge in [0.05, 0.1) is 0 Å². The largest absolute Gasteiger partial charge is 0.314 e. The van der Waals surface area contributed by atoms with Gasteiger partial charge < -0.3 is 5.32 Å². The van der Waals surface area contributed by atoms with Gasteiger partial charge in [0.15, 0.2) is 0 Å². The summed E-state index contributed by atoms with van der Waals surface area (Å²) in [6, 6.07) is 0.601. The lowest BCUT2D eigenvalue weighted by atomic mass is 9.88. The van der Waals surface area contributed by atoms with E-state index in [9.17, 15) is 0 Å². The molecule has 0 saturated carbocycles. The van der Waals surface area contributed by atoms with Crippen molar-refractivity contribution < 1.29 is 0 Å². The van der Waals surface area contributed by atoms with Crippen LogP contribution in [0.25, 0.3) is 0 Å². The maximum Gasteiger partial charge on any atom is 0.00872 e. The van der Waals surface area contributed by atoms with Crippen molar-refractivity contribution in [2.45, 2.75) is 59.9 Å². The molecule has 1 heteroatoms. The third kappa shape index (κ3) is 7.14. The average molecular weight is 197 g/mol. The highest BCUT2D eigenvalue weighted by Gasteiger charge is 2.18. The first-order valence-electron chi connectivity index (χ1n) is 5.83. The summed E-state index contributed by atoms with van der Waals surface area (Å²) in [4.78, 5) is 0. The minimum absolute atomic E-state index is 0.378. The Hall–Kier alpha value is -0.300. The topological polar surface area (TPSA) is 12.0 Å². The zero-order chi connectivity index (χ0) is 11.0. The highest BCUT2D eigenvalue weighted by molar-refractivity contribution is 4.78. The van der Waals surface area contributed by atoms with E-state index in [0.717, 1.165) is 6.54 Å². The summed E-state index contributed by atoms with van der Waals surface area (Å²) >= 11 is 0. The maximum atomic E-state index is 3.58. The van der Waals surface area contributed by atoms with Crippen LogP contribution in [0.1, 0.15) is 53.9 Å². The molecular formula is C13H27N. The van der Waals surface area contributed by atoms with Gasteiger partial charge in [0.1, 0.15) is 0 Å². The standard InChI is InChI=1S/C13H27N/c1-6-7-8-9-10-11-14-12(2)13(3,4)5/h6-7,12,14H,8-11H2,1-5H3. The molecular weight excluding hydrogens is 170 g/mol. The van der Waals surface area contributed by atoms with Crippen molar-refractivity contribution in [2.75, 3.05) is 6.54 Å². The molecule has 0 aromatic carbocycles. The summed E-state index contributed by atoms with van der Waals surface area (Å²) in [7, 11) is 0. The minimum Gasteiger partial charge on any atom is -0.314 e. The fraction of sp³-hybridized carbons (Fsp3) is 0.846. The molecule has 0 aromatic rings. The quantitative estimate of drug-likeness (QED) is 0.505. The lowest BCUT2D eigenvalue weighted by molar-refractivity contribution is 0.285. The normalized spacial score (nSPS) is 14.9. The number of hydrogen-bond acceptors (Lipinski definition) is 1. The van der Waals surface area contributed by atoms with Gasteiger partial charge in [-0.1, -0.05) is 32.9 Å². The van der Waals surface area contributed by atoms with E-state index in [1.807, 2.05) is 0 Å². The summed E-state index contributed by atoms with van der Waals surface area (Å²) in [6.07, 6.45) is 8.18. The van der Waals surface area contributed by atoms with E-state index in [1.165, 1.54) is 19.3 Å². The van der Waals surface area contributed by atoms with E-state index < -0.39 is 0 Å². The Morgan fingerprint density at radius 1 is 1.21 bits per heavy atom. The molecule has 0 saturated heterocycles. The summed E-state index contributed by atoms with van der Waals surface area (Å²) in [5, 5.41) is 3.58. The van der Waals surface area contributed by atoms with Gasteiger partial charge in [-0.05, 0) is 45.1 Å². The van der Waals surface area contributed by atoms with Gasteiger partial charge in [0.2, 0.25) is 0 Å². The lowest BCUT2D eigenvalue weighted by Gasteiger charge is -2.28. The molecule has 0 aliphatic carbocycles. The van der Waals surface area contributed by atoms with Crippen LogP contribution in [0.2, 0.25) is 0 Å². The highest BCUT2D eigenvalue weighted by Crippen LogP contribution is 2.18. The molecule has 0 heterocycles. The van der Waals surface area contributed by atoms with Crippen molar-refractivity contribution in [1.82, 2.24) is 5.32 Å². The molecule has 1 atom stereocenters. The van der Waals surface area contributed by atoms with E-state index in [4.69, 9.17) is 0 Å². The Bertz CT molecular complexity index is 153. The molecule has 1 unspecified atom stereocenters. The van der Waals surface area contributed by atoms with E-state index in [-0.39, 0.29) is 0 Å². The van der Waals surface area contributed by atoms with Gasteiger partial charge in [-0.3, -0.25) is 0 Å². The molecule has 0 aliphatic heterocycles. The Morgan fingerprint density at radius 2 is 1.86 bits per heavy atom. The first kappa shape index (κ1) is 13.7. The van der Waals surface area contributed by atoms with Gasteiger partial charge >= 0.3 is 0 Å². The minimum atomic E-state index is 0.378. The van der Waals surface area contributed by atoms with Gasteiger partial charge in [0.25, 0.3) is 0 Å². The molecule has 84 valence electrons. The second-order valence-corrected chi connectivity index (χ2v) is 5.11.